The zero-order chi connectivity index (χ0) is 23.3. The highest BCUT2D eigenvalue weighted by molar-refractivity contribution is 5.99. The summed E-state index contributed by atoms with van der Waals surface area (Å²) in [6.07, 6.45) is 0. The Bertz CT molecular complexity index is 1270. The molecule has 0 saturated carbocycles. The highest BCUT2D eigenvalue weighted by Gasteiger charge is 2.22. The second-order valence-corrected chi connectivity index (χ2v) is 8.51. The molecule has 5 rings (SSSR count). The first-order valence-corrected chi connectivity index (χ1v) is 11.5. The molecule has 1 N–H and O–H groups in total. The molecule has 0 atom stereocenters. The number of pyridine rings is 1. The van der Waals surface area contributed by atoms with Crippen LogP contribution in [0.25, 0.3) is 10.9 Å². The molecule has 1 aromatic heterocycles. The number of aromatic nitrogens is 1. The van der Waals surface area contributed by atoms with Crippen LogP contribution in [0.3, 0.4) is 0 Å². The number of piperazine rings is 1. The molecular formula is C28H27N3O3. The van der Waals surface area contributed by atoms with E-state index in [9.17, 15) is 9.90 Å². The van der Waals surface area contributed by atoms with Gasteiger partial charge >= 0.3 is 5.97 Å². The molecule has 0 bridgehead atoms. The van der Waals surface area contributed by atoms with E-state index in [0.29, 0.717) is 17.9 Å². The third-order valence-electron chi connectivity index (χ3n) is 6.20. The highest BCUT2D eigenvalue weighted by Crippen LogP contribution is 2.33. The summed E-state index contributed by atoms with van der Waals surface area (Å²) < 4.78 is 6.08. The number of fused-ring (bicyclic) bond motifs is 1. The smallest absolute Gasteiger partial charge is 0.354 e. The first-order chi connectivity index (χ1) is 16.7. The van der Waals surface area contributed by atoms with Gasteiger partial charge in [0.05, 0.1) is 0 Å². The van der Waals surface area contributed by atoms with Crippen molar-refractivity contribution >= 4 is 22.6 Å². The van der Waals surface area contributed by atoms with Crippen molar-refractivity contribution in [2.75, 3.05) is 31.1 Å². The second-order valence-electron chi connectivity index (χ2n) is 8.51. The lowest BCUT2D eigenvalue weighted by atomic mass is 10.1. The molecular weight excluding hydrogens is 426 g/mol. The number of anilines is 1. The fraction of sp³-hybridized carbons (Fsp3) is 0.214. The van der Waals surface area contributed by atoms with E-state index < -0.39 is 5.97 Å². The first-order valence-electron chi connectivity index (χ1n) is 11.5. The summed E-state index contributed by atoms with van der Waals surface area (Å²) in [6.45, 7) is 4.77. The molecule has 1 aliphatic rings. The van der Waals surface area contributed by atoms with Gasteiger partial charge < -0.3 is 14.7 Å². The van der Waals surface area contributed by atoms with Crippen LogP contribution in [0.5, 0.6) is 5.75 Å². The molecule has 4 aromatic rings. The number of benzene rings is 3. The molecule has 2 heterocycles. The minimum atomic E-state index is -1.04. The standard InChI is InChI=1S/C28H27N3O3/c32-28(33)24-18-25(31-16-14-30(15-17-31)19-21-8-3-1-4-9-21)23-12-7-13-26(27(23)29-24)34-20-22-10-5-2-6-11-22/h1-13,18H,14-17,19-20H2,(H,32,33). The second kappa shape index (κ2) is 9.93. The van der Waals surface area contributed by atoms with Crippen molar-refractivity contribution in [3.8, 4) is 5.75 Å². The number of para-hydroxylation sites is 1. The molecule has 0 unspecified atom stereocenters. The maximum atomic E-state index is 11.9. The number of carboxylic acid groups (broad SMARTS) is 1. The van der Waals surface area contributed by atoms with Crippen LogP contribution in [0.2, 0.25) is 0 Å². The summed E-state index contributed by atoms with van der Waals surface area (Å²) in [5.41, 5.74) is 3.86. The molecule has 6 heteroatoms. The van der Waals surface area contributed by atoms with Crippen LogP contribution in [-0.2, 0) is 13.2 Å². The summed E-state index contributed by atoms with van der Waals surface area (Å²) in [4.78, 5) is 21.0. The van der Waals surface area contributed by atoms with E-state index in [4.69, 9.17) is 4.74 Å². The number of aromatic carboxylic acids is 1. The Hall–Kier alpha value is -3.90. The average molecular weight is 454 g/mol. The molecule has 172 valence electrons. The Morgan fingerprint density at radius 2 is 1.53 bits per heavy atom. The number of hydrogen-bond acceptors (Lipinski definition) is 5. The van der Waals surface area contributed by atoms with Gasteiger partial charge in [0, 0.05) is 43.8 Å². The third-order valence-corrected chi connectivity index (χ3v) is 6.20. The number of nitrogens with zero attached hydrogens (tertiary/aromatic N) is 3. The Balaban J connectivity index is 1.40. The maximum absolute atomic E-state index is 11.9. The van der Waals surface area contributed by atoms with E-state index in [-0.39, 0.29) is 5.69 Å². The van der Waals surface area contributed by atoms with Gasteiger partial charge in [0.25, 0.3) is 0 Å². The molecule has 0 radical (unpaired) electrons. The molecule has 0 amide bonds. The van der Waals surface area contributed by atoms with Crippen molar-refractivity contribution in [3.63, 3.8) is 0 Å². The number of carbonyl (C=O) groups is 1. The number of rotatable bonds is 7. The van der Waals surface area contributed by atoms with Gasteiger partial charge in [-0.1, -0.05) is 72.8 Å². The summed E-state index contributed by atoms with van der Waals surface area (Å²) in [5.74, 6) is -0.447. The lowest BCUT2D eigenvalue weighted by Gasteiger charge is -2.36. The van der Waals surface area contributed by atoms with Crippen LogP contribution >= 0.6 is 0 Å². The normalized spacial score (nSPS) is 14.3. The molecule has 6 nitrogen and oxygen atoms in total. The van der Waals surface area contributed by atoms with Gasteiger partial charge in [-0.15, -0.1) is 0 Å². The Labute approximate surface area is 199 Å². The van der Waals surface area contributed by atoms with Crippen LogP contribution in [0.1, 0.15) is 21.6 Å². The molecule has 0 spiro atoms. The van der Waals surface area contributed by atoms with Crippen LogP contribution in [0, 0.1) is 0 Å². The summed E-state index contributed by atoms with van der Waals surface area (Å²) in [6, 6.07) is 27.9. The summed E-state index contributed by atoms with van der Waals surface area (Å²) >= 11 is 0. The topological polar surface area (TPSA) is 65.9 Å². The maximum Gasteiger partial charge on any atom is 0.354 e. The van der Waals surface area contributed by atoms with Crippen LogP contribution < -0.4 is 9.64 Å². The molecule has 1 saturated heterocycles. The van der Waals surface area contributed by atoms with Crippen molar-refractivity contribution in [1.29, 1.82) is 0 Å². The predicted octanol–water partition coefficient (Wildman–Crippen LogP) is 4.83. The number of ether oxygens (including phenoxy) is 1. The summed E-state index contributed by atoms with van der Waals surface area (Å²) in [7, 11) is 0. The minimum Gasteiger partial charge on any atom is -0.487 e. The van der Waals surface area contributed by atoms with Gasteiger partial charge in [-0.25, -0.2) is 9.78 Å². The average Bonchev–Trinajstić information content (AvgIpc) is 2.88. The van der Waals surface area contributed by atoms with Gasteiger partial charge in [0.15, 0.2) is 5.69 Å². The largest absolute Gasteiger partial charge is 0.487 e. The van der Waals surface area contributed by atoms with E-state index in [2.05, 4.69) is 39.0 Å². The molecule has 1 fully saturated rings. The van der Waals surface area contributed by atoms with Gasteiger partial charge in [0.2, 0.25) is 0 Å². The monoisotopic (exact) mass is 453 g/mol. The SMILES string of the molecule is O=C(O)c1cc(N2CCN(Cc3ccccc3)CC2)c2cccc(OCc3ccccc3)c2n1. The zero-order valence-electron chi connectivity index (χ0n) is 18.9. The fourth-order valence-corrected chi connectivity index (χ4v) is 4.42. The van der Waals surface area contributed by atoms with Gasteiger partial charge in [-0.3, -0.25) is 4.90 Å². The van der Waals surface area contributed by atoms with Crippen molar-refractivity contribution in [2.24, 2.45) is 0 Å². The molecule has 3 aromatic carbocycles. The van der Waals surface area contributed by atoms with E-state index in [1.54, 1.807) is 6.07 Å². The van der Waals surface area contributed by atoms with Crippen molar-refractivity contribution < 1.29 is 14.6 Å². The van der Waals surface area contributed by atoms with E-state index >= 15 is 0 Å². The number of hydrogen-bond donors (Lipinski definition) is 1. The van der Waals surface area contributed by atoms with Crippen LogP contribution in [0.15, 0.2) is 84.9 Å². The van der Waals surface area contributed by atoms with Gasteiger partial charge in [-0.2, -0.15) is 0 Å². The zero-order valence-corrected chi connectivity index (χ0v) is 18.9. The van der Waals surface area contributed by atoms with Crippen LogP contribution in [-0.4, -0.2) is 47.1 Å². The molecule has 1 aliphatic heterocycles. The van der Waals surface area contributed by atoms with Crippen LogP contribution in [0.4, 0.5) is 5.69 Å². The highest BCUT2D eigenvalue weighted by atomic mass is 16.5. The van der Waals surface area contributed by atoms with Gasteiger partial charge in [0.1, 0.15) is 17.9 Å². The quantitative estimate of drug-likeness (QED) is 0.432. The Morgan fingerprint density at radius 1 is 0.853 bits per heavy atom. The van der Waals surface area contributed by atoms with Crippen molar-refractivity contribution in [2.45, 2.75) is 13.2 Å². The minimum absolute atomic E-state index is 0.0324. The fourth-order valence-electron chi connectivity index (χ4n) is 4.42. The lowest BCUT2D eigenvalue weighted by Crippen LogP contribution is -2.46. The Kier molecular flexibility index (Phi) is 6.40. The Morgan fingerprint density at radius 3 is 2.21 bits per heavy atom. The van der Waals surface area contributed by atoms with E-state index in [0.717, 1.165) is 49.4 Å². The van der Waals surface area contributed by atoms with Crippen molar-refractivity contribution in [1.82, 2.24) is 9.88 Å². The van der Waals surface area contributed by atoms with E-state index in [1.165, 1.54) is 5.56 Å². The van der Waals surface area contributed by atoms with Gasteiger partial charge in [-0.05, 0) is 23.3 Å². The van der Waals surface area contributed by atoms with Crippen molar-refractivity contribution in [3.05, 3.63) is 102 Å². The number of carboxylic acids is 1. The van der Waals surface area contributed by atoms with E-state index in [1.807, 2.05) is 54.6 Å². The summed E-state index contributed by atoms with van der Waals surface area (Å²) in [5, 5.41) is 10.7. The third kappa shape index (κ3) is 4.87. The molecule has 0 aliphatic carbocycles. The molecule has 34 heavy (non-hydrogen) atoms. The predicted molar refractivity (Wildman–Crippen MR) is 133 cm³/mol. The first kappa shape index (κ1) is 21.9. The lowest BCUT2D eigenvalue weighted by molar-refractivity contribution is 0.0691.